The van der Waals surface area contributed by atoms with Gasteiger partial charge in [0.25, 0.3) is 5.91 Å². The molecule has 0 saturated heterocycles. The smallest absolute Gasteiger partial charge is 0.255 e. The fourth-order valence-corrected chi connectivity index (χ4v) is 3.90. The number of nitrogens with one attached hydrogen (secondary N) is 1. The van der Waals surface area contributed by atoms with Gasteiger partial charge in [-0.2, -0.15) is 0 Å². The summed E-state index contributed by atoms with van der Waals surface area (Å²) in [6, 6.07) is 13.2. The van der Waals surface area contributed by atoms with Gasteiger partial charge in [0.15, 0.2) is 0 Å². The molecule has 0 spiro atoms. The van der Waals surface area contributed by atoms with Gasteiger partial charge in [0.05, 0.1) is 0 Å². The van der Waals surface area contributed by atoms with E-state index in [0.29, 0.717) is 18.5 Å². The molecular formula is C21H19N3O2S. The molecule has 1 N–H and O–H groups in total. The maximum absolute atomic E-state index is 12.6. The first kappa shape index (κ1) is 17.4. The summed E-state index contributed by atoms with van der Waals surface area (Å²) in [7, 11) is 0. The highest BCUT2D eigenvalue weighted by Gasteiger charge is 2.24. The third-order valence-corrected chi connectivity index (χ3v) is 5.48. The Labute approximate surface area is 161 Å². The Hall–Kier alpha value is -2.99. The quantitative estimate of drug-likeness (QED) is 0.735. The molecule has 136 valence electrons. The highest BCUT2D eigenvalue weighted by molar-refractivity contribution is 7.13. The second-order valence-corrected chi connectivity index (χ2v) is 7.26. The van der Waals surface area contributed by atoms with E-state index < -0.39 is 0 Å². The zero-order valence-electron chi connectivity index (χ0n) is 14.9. The minimum absolute atomic E-state index is 0.117. The van der Waals surface area contributed by atoms with Crippen LogP contribution in [0.15, 0.2) is 54.0 Å². The molecule has 2 heterocycles. The number of aromatic nitrogens is 1. The molecule has 1 aromatic heterocycles. The third kappa shape index (κ3) is 3.48. The molecule has 4 rings (SSSR count). The number of benzene rings is 2. The average molecular weight is 377 g/mol. The first-order chi connectivity index (χ1) is 13.2. The predicted octanol–water partition coefficient (Wildman–Crippen LogP) is 4.36. The number of hydrogen-bond acceptors (Lipinski definition) is 4. The van der Waals surface area contributed by atoms with E-state index in [1.54, 1.807) is 28.5 Å². The van der Waals surface area contributed by atoms with Gasteiger partial charge in [-0.25, -0.2) is 4.98 Å². The van der Waals surface area contributed by atoms with Gasteiger partial charge >= 0.3 is 0 Å². The van der Waals surface area contributed by atoms with Crippen LogP contribution in [-0.4, -0.2) is 23.3 Å². The second-order valence-electron chi connectivity index (χ2n) is 6.36. The Morgan fingerprint density at radius 3 is 2.70 bits per heavy atom. The molecule has 2 amide bonds. The summed E-state index contributed by atoms with van der Waals surface area (Å²) in [5, 5.41) is 5.83. The molecule has 27 heavy (non-hydrogen) atoms. The first-order valence-electron chi connectivity index (χ1n) is 8.90. The van der Waals surface area contributed by atoms with Crippen molar-refractivity contribution >= 4 is 34.5 Å². The number of anilines is 2. The molecule has 0 aliphatic carbocycles. The van der Waals surface area contributed by atoms with E-state index in [-0.39, 0.29) is 11.8 Å². The molecule has 3 aromatic rings. The van der Waals surface area contributed by atoms with Crippen molar-refractivity contribution in [3.05, 3.63) is 65.2 Å². The Morgan fingerprint density at radius 2 is 2.00 bits per heavy atom. The van der Waals surface area contributed by atoms with Crippen molar-refractivity contribution in [3.8, 4) is 10.6 Å². The standard InChI is InChI=1S/C21H19N3O2S/c1-2-19(25)24-11-9-15-13-16(5-8-18(15)24)20(26)23-17-6-3-14(4-7-17)21-22-10-12-27-21/h3-8,10,12-13H,2,9,11H2,1H3,(H,23,26). The van der Waals surface area contributed by atoms with E-state index >= 15 is 0 Å². The molecule has 1 aliphatic rings. The van der Waals surface area contributed by atoms with E-state index in [1.165, 1.54) is 0 Å². The molecule has 0 atom stereocenters. The van der Waals surface area contributed by atoms with Crippen molar-refractivity contribution < 1.29 is 9.59 Å². The maximum Gasteiger partial charge on any atom is 0.255 e. The largest absolute Gasteiger partial charge is 0.322 e. The van der Waals surface area contributed by atoms with Crippen LogP contribution < -0.4 is 10.2 Å². The number of rotatable bonds is 4. The van der Waals surface area contributed by atoms with Crippen LogP contribution in [-0.2, 0) is 11.2 Å². The Balaban J connectivity index is 1.48. The summed E-state index contributed by atoms with van der Waals surface area (Å²) in [5.41, 5.74) is 4.34. The normalized spacial score (nSPS) is 12.7. The fourth-order valence-electron chi connectivity index (χ4n) is 3.26. The number of nitrogens with zero attached hydrogens (tertiary/aromatic N) is 2. The topological polar surface area (TPSA) is 62.3 Å². The Bertz CT molecular complexity index is 981. The van der Waals surface area contributed by atoms with Crippen LogP contribution in [0.4, 0.5) is 11.4 Å². The number of hydrogen-bond donors (Lipinski definition) is 1. The van der Waals surface area contributed by atoms with Crippen LogP contribution >= 0.6 is 11.3 Å². The molecule has 1 aliphatic heterocycles. The molecule has 6 heteroatoms. The van der Waals surface area contributed by atoms with Crippen molar-refractivity contribution in [2.24, 2.45) is 0 Å². The summed E-state index contributed by atoms with van der Waals surface area (Å²) in [5.74, 6) is -0.0358. The van der Waals surface area contributed by atoms with E-state index in [9.17, 15) is 9.59 Å². The molecule has 2 aromatic carbocycles. The number of fused-ring (bicyclic) bond motifs is 1. The fraction of sp³-hybridized carbons (Fsp3) is 0.190. The van der Waals surface area contributed by atoms with Crippen LogP contribution in [0.5, 0.6) is 0 Å². The highest BCUT2D eigenvalue weighted by atomic mass is 32.1. The molecular weight excluding hydrogens is 358 g/mol. The van der Waals surface area contributed by atoms with Crippen molar-refractivity contribution in [2.45, 2.75) is 19.8 Å². The summed E-state index contributed by atoms with van der Waals surface area (Å²) in [6.45, 7) is 2.55. The number of carbonyl (C=O) groups excluding carboxylic acids is 2. The lowest BCUT2D eigenvalue weighted by molar-refractivity contribution is -0.118. The average Bonchev–Trinajstić information content (AvgIpc) is 3.37. The maximum atomic E-state index is 12.6. The van der Waals surface area contributed by atoms with Gasteiger partial charge < -0.3 is 10.2 Å². The lowest BCUT2D eigenvalue weighted by Gasteiger charge is -2.16. The van der Waals surface area contributed by atoms with Gasteiger partial charge in [0.2, 0.25) is 5.91 Å². The van der Waals surface area contributed by atoms with E-state index in [0.717, 1.165) is 33.9 Å². The predicted molar refractivity (Wildman–Crippen MR) is 108 cm³/mol. The number of thiazole rings is 1. The zero-order valence-corrected chi connectivity index (χ0v) is 15.8. The summed E-state index contributed by atoms with van der Waals surface area (Å²) in [4.78, 5) is 30.7. The van der Waals surface area contributed by atoms with Gasteiger partial charge in [-0.15, -0.1) is 11.3 Å². The molecule has 0 radical (unpaired) electrons. The number of amides is 2. The van der Waals surface area contributed by atoms with Crippen molar-refractivity contribution in [3.63, 3.8) is 0 Å². The van der Waals surface area contributed by atoms with Gasteiger partial charge in [0, 0.05) is 47.0 Å². The molecule has 0 unspecified atom stereocenters. The van der Waals surface area contributed by atoms with E-state index in [2.05, 4.69) is 10.3 Å². The third-order valence-electron chi connectivity index (χ3n) is 4.66. The van der Waals surface area contributed by atoms with Gasteiger partial charge in [-0.05, 0) is 54.4 Å². The minimum Gasteiger partial charge on any atom is -0.322 e. The van der Waals surface area contributed by atoms with Crippen molar-refractivity contribution in [1.82, 2.24) is 4.98 Å². The molecule has 5 nitrogen and oxygen atoms in total. The van der Waals surface area contributed by atoms with Crippen molar-refractivity contribution in [2.75, 3.05) is 16.8 Å². The summed E-state index contributed by atoms with van der Waals surface area (Å²) < 4.78 is 0. The van der Waals surface area contributed by atoms with Crippen molar-refractivity contribution in [1.29, 1.82) is 0 Å². The Kier molecular flexibility index (Phi) is 4.73. The molecule has 0 fully saturated rings. The number of carbonyl (C=O) groups is 2. The lowest BCUT2D eigenvalue weighted by atomic mass is 10.1. The summed E-state index contributed by atoms with van der Waals surface area (Å²) >= 11 is 1.58. The first-order valence-corrected chi connectivity index (χ1v) is 9.78. The summed E-state index contributed by atoms with van der Waals surface area (Å²) in [6.07, 6.45) is 3.04. The minimum atomic E-state index is -0.153. The van der Waals surface area contributed by atoms with Crippen LogP contribution in [0.25, 0.3) is 10.6 Å². The van der Waals surface area contributed by atoms with E-state index in [1.807, 2.05) is 48.7 Å². The lowest BCUT2D eigenvalue weighted by Crippen LogP contribution is -2.27. The monoisotopic (exact) mass is 377 g/mol. The van der Waals surface area contributed by atoms with Gasteiger partial charge in [-0.1, -0.05) is 6.92 Å². The van der Waals surface area contributed by atoms with Gasteiger partial charge in [-0.3, -0.25) is 9.59 Å². The SMILES string of the molecule is CCC(=O)N1CCc2cc(C(=O)Nc3ccc(-c4nccs4)cc3)ccc21. The van der Waals surface area contributed by atoms with E-state index in [4.69, 9.17) is 0 Å². The molecule has 0 bridgehead atoms. The van der Waals surface area contributed by atoms with Crippen LogP contribution in [0.2, 0.25) is 0 Å². The molecule has 0 saturated carbocycles. The Morgan fingerprint density at radius 1 is 1.19 bits per heavy atom. The van der Waals surface area contributed by atoms with Gasteiger partial charge in [0.1, 0.15) is 5.01 Å². The zero-order chi connectivity index (χ0) is 18.8. The second kappa shape index (κ2) is 7.32. The van der Waals surface area contributed by atoms with Crippen LogP contribution in [0, 0.1) is 0 Å². The van der Waals surface area contributed by atoms with Crippen LogP contribution in [0.3, 0.4) is 0 Å². The highest BCUT2D eigenvalue weighted by Crippen LogP contribution is 2.30. The van der Waals surface area contributed by atoms with Crippen LogP contribution in [0.1, 0.15) is 29.3 Å².